The van der Waals surface area contributed by atoms with Crippen LogP contribution in [0.1, 0.15) is 20.9 Å². The van der Waals surface area contributed by atoms with Crippen LogP contribution in [0.25, 0.3) is 10.2 Å². The first-order chi connectivity index (χ1) is 11.3. The number of H-pyrrole nitrogens is 1. The second-order valence-electron chi connectivity index (χ2n) is 5.89. The van der Waals surface area contributed by atoms with Gasteiger partial charge in [0, 0.05) is 23.1 Å². The number of nitrogens with zero attached hydrogens (tertiary/aromatic N) is 1. The number of nitrogens with one attached hydrogen (secondary N) is 2. The van der Waals surface area contributed by atoms with Crippen LogP contribution in [0, 0.1) is 18.6 Å². The first-order valence-electron chi connectivity index (χ1n) is 7.37. The number of rotatable bonds is 4. The van der Waals surface area contributed by atoms with E-state index in [2.05, 4.69) is 10.3 Å². The molecule has 0 saturated heterocycles. The maximum Gasteiger partial charge on any atom is 0.272 e. The molecule has 1 amide bonds. The Balaban J connectivity index is 1.99. The average Bonchev–Trinajstić information content (AvgIpc) is 3.00. The van der Waals surface area contributed by atoms with Crippen molar-refractivity contribution in [1.82, 2.24) is 9.88 Å². The molecule has 24 heavy (non-hydrogen) atoms. The van der Waals surface area contributed by atoms with Gasteiger partial charge in [-0.15, -0.1) is 11.3 Å². The highest BCUT2D eigenvalue weighted by atomic mass is 32.1. The van der Waals surface area contributed by atoms with Crippen LogP contribution >= 0.6 is 11.3 Å². The second-order valence-corrected chi connectivity index (χ2v) is 7.15. The summed E-state index contributed by atoms with van der Waals surface area (Å²) in [7, 11) is 3.82. The van der Waals surface area contributed by atoms with Gasteiger partial charge in [-0.1, -0.05) is 0 Å². The lowest BCUT2D eigenvalue weighted by Gasteiger charge is -2.11. The lowest BCUT2D eigenvalue weighted by atomic mass is 10.2. The minimum atomic E-state index is -0.678. The Morgan fingerprint density at radius 3 is 2.75 bits per heavy atom. The number of carbonyl (C=O) groups excluding carboxylic acids is 1. The summed E-state index contributed by atoms with van der Waals surface area (Å²) in [4.78, 5) is 18.8. The van der Waals surface area contributed by atoms with E-state index in [0.717, 1.165) is 38.9 Å². The van der Waals surface area contributed by atoms with Crippen molar-refractivity contribution in [1.29, 1.82) is 0 Å². The van der Waals surface area contributed by atoms with Gasteiger partial charge < -0.3 is 15.2 Å². The lowest BCUT2D eigenvalue weighted by Crippen LogP contribution is -2.18. The zero-order valence-corrected chi connectivity index (χ0v) is 14.4. The molecular weight excluding hydrogens is 332 g/mol. The number of anilines is 1. The van der Waals surface area contributed by atoms with Crippen molar-refractivity contribution in [3.05, 3.63) is 52.0 Å². The maximum absolute atomic E-state index is 13.8. The number of fused-ring (bicyclic) bond motifs is 1. The van der Waals surface area contributed by atoms with Gasteiger partial charge in [0.05, 0.1) is 15.9 Å². The van der Waals surface area contributed by atoms with Crippen molar-refractivity contribution in [3.8, 4) is 0 Å². The SMILES string of the molecule is Cc1cc2[nH]c(C(=O)Nc3cc(F)ccc3F)c(CN(C)C)c2s1. The van der Waals surface area contributed by atoms with Crippen molar-refractivity contribution in [3.63, 3.8) is 0 Å². The Hall–Kier alpha value is -2.25. The van der Waals surface area contributed by atoms with E-state index in [4.69, 9.17) is 0 Å². The minimum absolute atomic E-state index is 0.176. The predicted octanol–water partition coefficient (Wildman–Crippen LogP) is 4.13. The van der Waals surface area contributed by atoms with E-state index in [1.165, 1.54) is 0 Å². The van der Waals surface area contributed by atoms with Crippen LogP contribution in [0.5, 0.6) is 0 Å². The third-order valence-corrected chi connectivity index (χ3v) is 4.68. The maximum atomic E-state index is 13.8. The van der Waals surface area contributed by atoms with Gasteiger partial charge in [-0.2, -0.15) is 0 Å². The number of aromatic amines is 1. The quantitative estimate of drug-likeness (QED) is 0.744. The van der Waals surface area contributed by atoms with Gasteiger partial charge in [-0.25, -0.2) is 8.78 Å². The van der Waals surface area contributed by atoms with E-state index < -0.39 is 17.5 Å². The Morgan fingerprint density at radius 2 is 2.04 bits per heavy atom. The molecule has 2 N–H and O–H groups in total. The summed E-state index contributed by atoms with van der Waals surface area (Å²) >= 11 is 1.60. The summed E-state index contributed by atoms with van der Waals surface area (Å²) in [5, 5.41) is 2.45. The largest absolute Gasteiger partial charge is 0.350 e. The Kier molecular flexibility index (Phi) is 4.38. The van der Waals surface area contributed by atoms with Crippen molar-refractivity contribution < 1.29 is 13.6 Å². The zero-order valence-electron chi connectivity index (χ0n) is 13.5. The first kappa shape index (κ1) is 16.6. The summed E-state index contributed by atoms with van der Waals surface area (Å²) in [6.07, 6.45) is 0. The van der Waals surface area contributed by atoms with Crippen LogP contribution in [-0.2, 0) is 6.54 Å². The highest BCUT2D eigenvalue weighted by Gasteiger charge is 2.21. The Labute approximate surface area is 142 Å². The molecule has 2 aromatic heterocycles. The van der Waals surface area contributed by atoms with Gasteiger partial charge in [-0.3, -0.25) is 4.79 Å². The summed E-state index contributed by atoms with van der Waals surface area (Å²) in [6, 6.07) is 4.94. The standard InChI is InChI=1S/C17H17F2N3OS/c1-9-6-14-16(24-9)11(8-22(2)3)15(20-14)17(23)21-13-7-10(18)4-5-12(13)19/h4-7,20H,8H2,1-3H3,(H,21,23). The molecular formula is C17H17F2N3OS. The molecule has 0 unspecified atom stereocenters. The fourth-order valence-electron chi connectivity index (χ4n) is 2.59. The second kappa shape index (κ2) is 6.33. The van der Waals surface area contributed by atoms with Crippen molar-refractivity contribution in [2.45, 2.75) is 13.5 Å². The number of halogens is 2. The van der Waals surface area contributed by atoms with E-state index >= 15 is 0 Å². The van der Waals surface area contributed by atoms with Crippen LogP contribution in [0.4, 0.5) is 14.5 Å². The zero-order chi connectivity index (χ0) is 17.4. The topological polar surface area (TPSA) is 48.1 Å². The van der Waals surface area contributed by atoms with Crippen LogP contribution in [0.15, 0.2) is 24.3 Å². The smallest absolute Gasteiger partial charge is 0.272 e. The molecule has 7 heteroatoms. The fraction of sp³-hybridized carbons (Fsp3) is 0.235. The van der Waals surface area contributed by atoms with Crippen LogP contribution in [0.2, 0.25) is 0 Å². The summed E-state index contributed by atoms with van der Waals surface area (Å²) in [6.45, 7) is 2.56. The van der Waals surface area contributed by atoms with Gasteiger partial charge in [0.15, 0.2) is 0 Å². The molecule has 3 rings (SSSR count). The molecule has 1 aromatic carbocycles. The Morgan fingerprint density at radius 1 is 1.29 bits per heavy atom. The lowest BCUT2D eigenvalue weighted by molar-refractivity contribution is 0.102. The van der Waals surface area contributed by atoms with Crippen molar-refractivity contribution in [2.75, 3.05) is 19.4 Å². The highest BCUT2D eigenvalue weighted by molar-refractivity contribution is 7.19. The van der Waals surface area contributed by atoms with E-state index in [9.17, 15) is 13.6 Å². The number of aromatic nitrogens is 1. The molecule has 0 aliphatic carbocycles. The van der Waals surface area contributed by atoms with Crippen molar-refractivity contribution >= 4 is 33.1 Å². The number of aryl methyl sites for hydroxylation is 1. The fourth-order valence-corrected chi connectivity index (χ4v) is 3.60. The molecule has 126 valence electrons. The van der Waals surface area contributed by atoms with Gasteiger partial charge >= 0.3 is 0 Å². The summed E-state index contributed by atoms with van der Waals surface area (Å²) < 4.78 is 28.0. The molecule has 2 heterocycles. The molecule has 0 bridgehead atoms. The minimum Gasteiger partial charge on any atom is -0.350 e. The third-order valence-electron chi connectivity index (χ3n) is 3.57. The van der Waals surface area contributed by atoms with Crippen LogP contribution < -0.4 is 5.32 Å². The molecule has 4 nitrogen and oxygen atoms in total. The van der Waals surface area contributed by atoms with Crippen LogP contribution in [0.3, 0.4) is 0 Å². The van der Waals surface area contributed by atoms with Gasteiger partial charge in [-0.05, 0) is 39.2 Å². The number of hydrogen-bond donors (Lipinski definition) is 2. The van der Waals surface area contributed by atoms with Gasteiger partial charge in [0.25, 0.3) is 5.91 Å². The number of amides is 1. The van der Waals surface area contributed by atoms with E-state index in [1.54, 1.807) is 11.3 Å². The summed E-state index contributed by atoms with van der Waals surface area (Å²) in [5.41, 5.74) is 1.92. The monoisotopic (exact) mass is 349 g/mol. The molecule has 0 aliphatic rings. The molecule has 0 atom stereocenters. The predicted molar refractivity (Wildman–Crippen MR) is 92.6 cm³/mol. The Bertz CT molecular complexity index is 914. The van der Waals surface area contributed by atoms with E-state index in [0.29, 0.717) is 12.2 Å². The average molecular weight is 349 g/mol. The third kappa shape index (κ3) is 3.18. The molecule has 0 aliphatic heterocycles. The number of thiophene rings is 1. The first-order valence-corrected chi connectivity index (χ1v) is 8.19. The van der Waals surface area contributed by atoms with Gasteiger partial charge in [0.1, 0.15) is 17.3 Å². The van der Waals surface area contributed by atoms with Crippen molar-refractivity contribution in [2.24, 2.45) is 0 Å². The normalized spacial score (nSPS) is 11.4. The number of hydrogen-bond acceptors (Lipinski definition) is 3. The molecule has 0 saturated carbocycles. The molecule has 0 fully saturated rings. The molecule has 3 aromatic rings. The molecule has 0 radical (unpaired) electrons. The van der Waals surface area contributed by atoms with Gasteiger partial charge in [0.2, 0.25) is 0 Å². The number of benzene rings is 1. The summed E-state index contributed by atoms with van der Waals surface area (Å²) in [5.74, 6) is -1.77. The number of carbonyl (C=O) groups is 1. The van der Waals surface area contributed by atoms with E-state index in [1.807, 2.05) is 32.0 Å². The molecule has 0 spiro atoms. The van der Waals surface area contributed by atoms with E-state index in [-0.39, 0.29) is 5.69 Å². The highest BCUT2D eigenvalue weighted by Crippen LogP contribution is 2.32. The van der Waals surface area contributed by atoms with Crippen LogP contribution in [-0.4, -0.2) is 29.9 Å².